The number of rotatable bonds is 13. The second-order valence-electron chi connectivity index (χ2n) is 15.0. The fraction of sp³-hybridized carbons (Fsp3) is 0.629. The second-order valence-corrected chi connectivity index (χ2v) is 15.0. The van der Waals surface area contributed by atoms with Gasteiger partial charge in [-0.15, -0.1) is 0 Å². The van der Waals surface area contributed by atoms with Crippen LogP contribution in [0.1, 0.15) is 96.5 Å². The largest absolute Gasteiger partial charge is 0.349 e. The van der Waals surface area contributed by atoms with Crippen LogP contribution >= 0.6 is 0 Å². The number of amides is 6. The summed E-state index contributed by atoms with van der Waals surface area (Å²) in [6, 6.07) is 3.09. The summed E-state index contributed by atoms with van der Waals surface area (Å²) in [5.41, 5.74) is 0.163. The van der Waals surface area contributed by atoms with E-state index >= 15 is 0 Å². The number of piperidine rings is 1. The highest BCUT2D eigenvalue weighted by atomic mass is 16.2. The Morgan fingerprint density at radius 2 is 1.40 bits per heavy atom. The summed E-state index contributed by atoms with van der Waals surface area (Å²) < 4.78 is 0. The zero-order valence-electron chi connectivity index (χ0n) is 30.0. The average molecular weight is 671 g/mol. The van der Waals surface area contributed by atoms with Crippen LogP contribution in [0.4, 0.5) is 0 Å². The van der Waals surface area contributed by atoms with Gasteiger partial charge in [0.15, 0.2) is 0 Å². The number of ketones is 1. The van der Waals surface area contributed by atoms with E-state index in [0.717, 1.165) is 32.4 Å². The molecule has 2 rings (SSSR count). The van der Waals surface area contributed by atoms with Crippen molar-refractivity contribution in [1.82, 2.24) is 31.1 Å². The van der Waals surface area contributed by atoms with Crippen LogP contribution in [0, 0.1) is 10.8 Å². The van der Waals surface area contributed by atoms with Gasteiger partial charge in [-0.3, -0.25) is 33.6 Å². The summed E-state index contributed by atoms with van der Waals surface area (Å²) >= 11 is 0. The van der Waals surface area contributed by atoms with Gasteiger partial charge in [-0.25, -0.2) is 0 Å². The molecular formula is C35H54N6O7. The van der Waals surface area contributed by atoms with Crippen molar-refractivity contribution in [3.05, 3.63) is 35.4 Å². The van der Waals surface area contributed by atoms with Gasteiger partial charge in [0.1, 0.15) is 12.1 Å². The standard InChI is InChI=1S/C35H54N6O7/c1-22(28(44)31(46)36-21-23-13-15-24(16-14-23)33(48)41-17-11-10-12-18-41)37-30(45)25(19-27(43)40(8)9)38-32(47)29(35(5,6)7)39-26(42)20-34(2,3)4/h13-16,22,25,29H,10-12,17-21H2,1-9H3,(H,36,46)(H,37,45)(H,38,47)(H,39,42). The molecule has 1 aliphatic heterocycles. The molecule has 1 heterocycles. The molecule has 0 aromatic heterocycles. The van der Waals surface area contributed by atoms with Crippen LogP contribution in [0.3, 0.4) is 0 Å². The first kappa shape index (κ1) is 39.9. The SMILES string of the molecule is CC(NC(=O)C(CC(=O)N(C)C)NC(=O)C(NC(=O)CC(C)(C)C)C(C)(C)C)C(=O)C(=O)NCc1ccc(C(=O)N2CCCCC2)cc1. The monoisotopic (exact) mass is 670 g/mol. The molecule has 1 aliphatic rings. The predicted octanol–water partition coefficient (Wildman–Crippen LogP) is 1.93. The van der Waals surface area contributed by atoms with Crippen LogP contribution in [-0.4, -0.2) is 96.3 Å². The minimum atomic E-state index is -1.39. The lowest BCUT2D eigenvalue weighted by molar-refractivity contribution is -0.141. The Kier molecular flexibility index (Phi) is 14.3. The van der Waals surface area contributed by atoms with E-state index in [-0.39, 0.29) is 30.2 Å². The third-order valence-electron chi connectivity index (χ3n) is 7.91. The Morgan fingerprint density at radius 1 is 0.812 bits per heavy atom. The van der Waals surface area contributed by atoms with E-state index in [0.29, 0.717) is 11.1 Å². The van der Waals surface area contributed by atoms with E-state index in [4.69, 9.17) is 0 Å². The molecule has 0 saturated carbocycles. The van der Waals surface area contributed by atoms with E-state index in [9.17, 15) is 33.6 Å². The molecule has 0 spiro atoms. The minimum absolute atomic E-state index is 0.0224. The number of benzene rings is 1. The molecule has 13 nitrogen and oxygen atoms in total. The van der Waals surface area contributed by atoms with E-state index in [1.54, 1.807) is 45.0 Å². The Hall–Kier alpha value is -4.29. The number of hydrogen-bond acceptors (Lipinski definition) is 7. The van der Waals surface area contributed by atoms with Crippen LogP contribution in [0.2, 0.25) is 0 Å². The molecule has 4 N–H and O–H groups in total. The molecule has 3 unspecified atom stereocenters. The molecule has 0 bridgehead atoms. The maximum absolute atomic E-state index is 13.5. The highest BCUT2D eigenvalue weighted by Gasteiger charge is 2.37. The van der Waals surface area contributed by atoms with E-state index in [2.05, 4.69) is 21.3 Å². The minimum Gasteiger partial charge on any atom is -0.349 e. The molecule has 1 aromatic carbocycles. The maximum Gasteiger partial charge on any atom is 0.289 e. The fourth-order valence-corrected chi connectivity index (χ4v) is 5.08. The van der Waals surface area contributed by atoms with Crippen molar-refractivity contribution in [3.8, 4) is 0 Å². The van der Waals surface area contributed by atoms with Gasteiger partial charge < -0.3 is 31.1 Å². The molecule has 266 valence electrons. The van der Waals surface area contributed by atoms with E-state index in [1.165, 1.54) is 25.9 Å². The van der Waals surface area contributed by atoms with Gasteiger partial charge in [0.2, 0.25) is 29.4 Å². The molecule has 13 heteroatoms. The van der Waals surface area contributed by atoms with Gasteiger partial charge in [0, 0.05) is 45.7 Å². The van der Waals surface area contributed by atoms with Gasteiger partial charge in [-0.2, -0.15) is 0 Å². The van der Waals surface area contributed by atoms with Crippen LogP contribution in [0.25, 0.3) is 0 Å². The number of hydrogen-bond donors (Lipinski definition) is 4. The van der Waals surface area contributed by atoms with Gasteiger partial charge in [-0.1, -0.05) is 53.7 Å². The van der Waals surface area contributed by atoms with Crippen molar-refractivity contribution >= 4 is 41.2 Å². The highest BCUT2D eigenvalue weighted by molar-refractivity contribution is 6.38. The Morgan fingerprint density at radius 3 is 1.92 bits per heavy atom. The maximum atomic E-state index is 13.5. The summed E-state index contributed by atoms with van der Waals surface area (Å²) in [6.07, 6.45) is 2.85. The van der Waals surface area contributed by atoms with Crippen molar-refractivity contribution in [2.75, 3.05) is 27.2 Å². The molecule has 0 aliphatic carbocycles. The first-order valence-corrected chi connectivity index (χ1v) is 16.5. The van der Waals surface area contributed by atoms with Crippen molar-refractivity contribution in [2.24, 2.45) is 10.8 Å². The summed E-state index contributed by atoms with van der Waals surface area (Å²) in [5, 5.41) is 10.3. The zero-order valence-corrected chi connectivity index (χ0v) is 30.0. The first-order valence-electron chi connectivity index (χ1n) is 16.5. The number of carbonyl (C=O) groups is 7. The quantitative estimate of drug-likeness (QED) is 0.232. The van der Waals surface area contributed by atoms with Crippen molar-refractivity contribution in [2.45, 2.75) is 105 Å². The van der Waals surface area contributed by atoms with Crippen molar-refractivity contribution < 1.29 is 33.6 Å². The molecule has 0 radical (unpaired) electrons. The molecule has 1 aromatic rings. The molecule has 6 amide bonds. The molecular weight excluding hydrogens is 616 g/mol. The Balaban J connectivity index is 2.05. The lowest BCUT2D eigenvalue weighted by Crippen LogP contribution is -2.59. The summed E-state index contributed by atoms with van der Waals surface area (Å²) in [5.74, 6) is -4.20. The lowest BCUT2D eigenvalue weighted by atomic mass is 9.85. The summed E-state index contributed by atoms with van der Waals surface area (Å²) in [4.78, 5) is 93.5. The van der Waals surface area contributed by atoms with Crippen LogP contribution < -0.4 is 21.3 Å². The number of nitrogens with zero attached hydrogens (tertiary/aromatic N) is 2. The van der Waals surface area contributed by atoms with Gasteiger partial charge in [-0.05, 0) is 54.7 Å². The number of nitrogens with one attached hydrogen (secondary N) is 4. The average Bonchev–Trinajstić information content (AvgIpc) is 3.00. The Labute approximate surface area is 284 Å². The summed E-state index contributed by atoms with van der Waals surface area (Å²) in [7, 11) is 3.00. The number of likely N-dealkylation sites (tertiary alicyclic amines) is 1. The topological polar surface area (TPSA) is 174 Å². The molecule has 1 saturated heterocycles. The zero-order chi connectivity index (χ0) is 36.4. The summed E-state index contributed by atoms with van der Waals surface area (Å²) in [6.45, 7) is 13.8. The second kappa shape index (κ2) is 17.2. The highest BCUT2D eigenvalue weighted by Crippen LogP contribution is 2.23. The fourth-order valence-electron chi connectivity index (χ4n) is 5.08. The van der Waals surface area contributed by atoms with Gasteiger partial charge >= 0.3 is 0 Å². The lowest BCUT2D eigenvalue weighted by Gasteiger charge is -2.33. The van der Waals surface area contributed by atoms with Gasteiger partial charge in [0.05, 0.1) is 12.5 Å². The van der Waals surface area contributed by atoms with Gasteiger partial charge in [0.25, 0.3) is 11.8 Å². The van der Waals surface area contributed by atoms with Crippen molar-refractivity contribution in [1.29, 1.82) is 0 Å². The van der Waals surface area contributed by atoms with Crippen LogP contribution in [0.5, 0.6) is 0 Å². The number of Topliss-reactive ketones (excluding diaryl/α,β-unsaturated/α-hetero) is 1. The van der Waals surface area contributed by atoms with Crippen molar-refractivity contribution in [3.63, 3.8) is 0 Å². The van der Waals surface area contributed by atoms with E-state index < -0.39 is 59.4 Å². The molecule has 3 atom stereocenters. The Bertz CT molecular complexity index is 1340. The number of carbonyl (C=O) groups excluding carboxylic acids is 7. The normalized spacial score (nSPS) is 15.3. The smallest absolute Gasteiger partial charge is 0.289 e. The first-order chi connectivity index (χ1) is 22.2. The molecule has 1 fully saturated rings. The third kappa shape index (κ3) is 12.7. The van der Waals surface area contributed by atoms with Crippen LogP contribution in [0.15, 0.2) is 24.3 Å². The third-order valence-corrected chi connectivity index (χ3v) is 7.91. The van der Waals surface area contributed by atoms with E-state index in [1.807, 2.05) is 25.7 Å². The predicted molar refractivity (Wildman–Crippen MR) is 181 cm³/mol. The molecule has 48 heavy (non-hydrogen) atoms. The van der Waals surface area contributed by atoms with Crippen LogP contribution in [-0.2, 0) is 35.3 Å².